The van der Waals surface area contributed by atoms with E-state index in [9.17, 15) is 0 Å². The molecule has 1 N–H and O–H groups in total. The molecule has 0 aliphatic rings. The number of aromatic nitrogens is 3. The first-order chi connectivity index (χ1) is 12.2. The van der Waals surface area contributed by atoms with Crippen LogP contribution < -0.4 is 4.74 Å². The van der Waals surface area contributed by atoms with Crippen molar-refractivity contribution >= 4 is 23.1 Å². The van der Waals surface area contributed by atoms with Crippen molar-refractivity contribution in [3.8, 4) is 28.5 Å². The van der Waals surface area contributed by atoms with E-state index in [4.69, 9.17) is 21.4 Å². The monoisotopic (exact) mass is 351 g/mol. The number of nitrogens with zero attached hydrogens (tertiary/aromatic N) is 2. The van der Waals surface area contributed by atoms with E-state index < -0.39 is 0 Å². The lowest BCUT2D eigenvalue weighted by atomic mass is 10.0. The molecule has 4 rings (SSSR count). The molecule has 2 aromatic carbocycles. The average molecular weight is 351 g/mol. The molecule has 0 spiro atoms. The number of benzene rings is 2. The van der Waals surface area contributed by atoms with Gasteiger partial charge >= 0.3 is 0 Å². The number of aryl methyl sites for hydroxylation is 1. The van der Waals surface area contributed by atoms with Crippen molar-refractivity contribution in [3.63, 3.8) is 0 Å². The topological polar surface area (TPSA) is 56.0 Å². The Morgan fingerprint density at radius 1 is 1.20 bits per heavy atom. The second-order valence-corrected chi connectivity index (χ2v) is 5.99. The van der Waals surface area contributed by atoms with Crippen LogP contribution in [0.4, 0.5) is 0 Å². The molecule has 2 heterocycles. The summed E-state index contributed by atoms with van der Waals surface area (Å²) in [5, 5.41) is 5.55. The molecule has 0 radical (unpaired) electrons. The Bertz CT molecular complexity index is 1090. The van der Waals surface area contributed by atoms with Gasteiger partial charge in [-0.05, 0) is 42.9 Å². The van der Waals surface area contributed by atoms with Crippen molar-refractivity contribution in [2.24, 2.45) is 0 Å². The second kappa shape index (κ2) is 6.22. The van der Waals surface area contributed by atoms with Crippen LogP contribution in [0.1, 0.15) is 6.92 Å². The molecular formula is C19H17N3O2S. The van der Waals surface area contributed by atoms with Gasteiger partial charge in [-0.1, -0.05) is 30.3 Å². The lowest BCUT2D eigenvalue weighted by Crippen LogP contribution is -1.96. The van der Waals surface area contributed by atoms with Gasteiger partial charge in [0.1, 0.15) is 11.4 Å². The minimum Gasteiger partial charge on any atom is -0.497 e. The van der Waals surface area contributed by atoms with E-state index in [1.807, 2.05) is 43.3 Å². The first-order valence-electron chi connectivity index (χ1n) is 8.04. The highest BCUT2D eigenvalue weighted by molar-refractivity contribution is 7.71. The summed E-state index contributed by atoms with van der Waals surface area (Å²) >= 11 is 5.25. The fourth-order valence-corrected chi connectivity index (χ4v) is 3.22. The van der Waals surface area contributed by atoms with Crippen LogP contribution >= 0.6 is 12.2 Å². The highest BCUT2D eigenvalue weighted by atomic mass is 32.1. The lowest BCUT2D eigenvalue weighted by Gasteiger charge is -2.04. The minimum atomic E-state index is 0.368. The molecule has 0 unspecified atom stereocenters. The quantitative estimate of drug-likeness (QED) is 0.523. The van der Waals surface area contributed by atoms with Gasteiger partial charge in [-0.2, -0.15) is 0 Å². The summed E-state index contributed by atoms with van der Waals surface area (Å²) in [4.78, 5) is 3.79. The van der Waals surface area contributed by atoms with Crippen LogP contribution in [0.2, 0.25) is 0 Å². The zero-order valence-electron chi connectivity index (χ0n) is 13.9. The lowest BCUT2D eigenvalue weighted by molar-refractivity contribution is 0.415. The van der Waals surface area contributed by atoms with Crippen LogP contribution in [0.15, 0.2) is 52.9 Å². The summed E-state index contributed by atoms with van der Waals surface area (Å²) in [5.74, 6) is 1.29. The van der Waals surface area contributed by atoms with Crippen LogP contribution in [0.25, 0.3) is 33.6 Å². The Kier molecular flexibility index (Phi) is 3.89. The summed E-state index contributed by atoms with van der Waals surface area (Å²) in [5.41, 5.74) is 3.90. The molecule has 2 aromatic heterocycles. The van der Waals surface area contributed by atoms with Gasteiger partial charge in [-0.15, -0.1) is 5.10 Å². The van der Waals surface area contributed by atoms with E-state index in [1.54, 1.807) is 11.8 Å². The fourth-order valence-electron chi connectivity index (χ4n) is 2.97. The van der Waals surface area contributed by atoms with E-state index in [1.165, 1.54) is 0 Å². The van der Waals surface area contributed by atoms with Crippen molar-refractivity contribution in [1.29, 1.82) is 0 Å². The second-order valence-electron chi connectivity index (χ2n) is 5.64. The smallest absolute Gasteiger partial charge is 0.287 e. The third-order valence-electron chi connectivity index (χ3n) is 4.19. The van der Waals surface area contributed by atoms with Gasteiger partial charge in [0, 0.05) is 23.0 Å². The highest BCUT2D eigenvalue weighted by Gasteiger charge is 2.20. The molecule has 25 heavy (non-hydrogen) atoms. The van der Waals surface area contributed by atoms with Gasteiger partial charge in [0.2, 0.25) is 0 Å². The first kappa shape index (κ1) is 15.7. The fraction of sp³-hybridized carbons (Fsp3) is 0.158. The van der Waals surface area contributed by atoms with Gasteiger partial charge in [-0.3, -0.25) is 0 Å². The van der Waals surface area contributed by atoms with Crippen molar-refractivity contribution in [2.75, 3.05) is 7.11 Å². The number of hydrogen-bond acceptors (Lipinski definition) is 4. The van der Waals surface area contributed by atoms with E-state index in [-0.39, 0.29) is 0 Å². The third-order valence-corrected chi connectivity index (χ3v) is 4.48. The van der Waals surface area contributed by atoms with Crippen LogP contribution in [0, 0.1) is 4.84 Å². The van der Waals surface area contributed by atoms with E-state index in [2.05, 4.69) is 22.2 Å². The molecular weight excluding hydrogens is 334 g/mol. The number of rotatable bonds is 4. The molecule has 0 bridgehead atoms. The van der Waals surface area contributed by atoms with E-state index >= 15 is 0 Å². The molecule has 0 atom stereocenters. The number of nitrogens with one attached hydrogen (secondary N) is 1. The minimum absolute atomic E-state index is 0.368. The van der Waals surface area contributed by atoms with Crippen LogP contribution in [0.3, 0.4) is 0 Å². The number of aromatic amines is 1. The van der Waals surface area contributed by atoms with Crippen molar-refractivity contribution < 1.29 is 9.15 Å². The predicted octanol–water partition coefficient (Wildman–Crippen LogP) is 5.05. The molecule has 4 aromatic rings. The predicted molar refractivity (Wildman–Crippen MR) is 100 cm³/mol. The maximum Gasteiger partial charge on any atom is 0.287 e. The zero-order valence-corrected chi connectivity index (χ0v) is 14.8. The number of H-pyrrole nitrogens is 1. The summed E-state index contributed by atoms with van der Waals surface area (Å²) in [7, 11) is 1.67. The van der Waals surface area contributed by atoms with Crippen LogP contribution in [0.5, 0.6) is 5.75 Å². The van der Waals surface area contributed by atoms with Gasteiger partial charge in [0.05, 0.1) is 7.11 Å². The molecule has 0 saturated heterocycles. The summed E-state index contributed by atoms with van der Waals surface area (Å²) in [6, 6.07) is 16.1. The first-order valence-corrected chi connectivity index (χ1v) is 8.45. The normalized spacial score (nSPS) is 11.1. The highest BCUT2D eigenvalue weighted by Crippen LogP contribution is 2.39. The van der Waals surface area contributed by atoms with Gasteiger partial charge in [0.25, 0.3) is 10.7 Å². The van der Waals surface area contributed by atoms with Gasteiger partial charge in [0.15, 0.2) is 0 Å². The molecule has 126 valence electrons. The summed E-state index contributed by atoms with van der Waals surface area (Å²) in [6.07, 6.45) is 0. The number of hydrogen-bond donors (Lipinski definition) is 1. The van der Waals surface area contributed by atoms with Crippen molar-refractivity contribution in [3.05, 3.63) is 53.4 Å². The maximum atomic E-state index is 5.74. The van der Waals surface area contributed by atoms with Crippen molar-refractivity contribution in [1.82, 2.24) is 14.8 Å². The SMILES string of the molecule is CCn1nc(-c2[nH]c3ccc(OC)cc3c2-c2ccccc2)oc1=S. The van der Waals surface area contributed by atoms with Gasteiger partial charge in [-0.25, -0.2) is 4.68 Å². The van der Waals surface area contributed by atoms with Crippen molar-refractivity contribution in [2.45, 2.75) is 13.5 Å². The molecule has 0 aliphatic carbocycles. The molecule has 0 saturated carbocycles. The standard InChI is InChI=1S/C19H17N3O2S/c1-3-22-19(25)24-18(21-22)17-16(12-7-5-4-6-8-12)14-11-13(23-2)9-10-15(14)20-17/h4-11,20H,3H2,1-2H3. The largest absolute Gasteiger partial charge is 0.497 e. The maximum absolute atomic E-state index is 5.74. The van der Waals surface area contributed by atoms with Crippen LogP contribution in [-0.4, -0.2) is 21.9 Å². The summed E-state index contributed by atoms with van der Waals surface area (Å²) < 4.78 is 12.8. The third kappa shape index (κ3) is 2.64. The average Bonchev–Trinajstić information content (AvgIpc) is 3.21. The molecule has 5 nitrogen and oxygen atoms in total. The molecule has 6 heteroatoms. The summed E-state index contributed by atoms with van der Waals surface area (Å²) in [6.45, 7) is 2.65. The number of ether oxygens (including phenoxy) is 1. The Labute approximate surface area is 149 Å². The molecule has 0 fully saturated rings. The van der Waals surface area contributed by atoms with Crippen LogP contribution in [-0.2, 0) is 6.54 Å². The molecule has 0 amide bonds. The number of fused-ring (bicyclic) bond motifs is 1. The Morgan fingerprint density at radius 3 is 2.68 bits per heavy atom. The Hall–Kier alpha value is -2.86. The van der Waals surface area contributed by atoms with E-state index in [0.717, 1.165) is 33.5 Å². The van der Waals surface area contributed by atoms with Gasteiger partial charge < -0.3 is 14.1 Å². The Morgan fingerprint density at radius 2 is 2.00 bits per heavy atom. The number of methoxy groups -OCH3 is 1. The van der Waals surface area contributed by atoms with E-state index in [0.29, 0.717) is 17.3 Å². The molecule has 0 aliphatic heterocycles. The zero-order chi connectivity index (χ0) is 17.4. The Balaban J connectivity index is 2.04.